The van der Waals surface area contributed by atoms with Gasteiger partial charge in [-0.1, -0.05) is 0 Å². The van der Waals surface area contributed by atoms with Gasteiger partial charge in [-0.15, -0.1) is 0 Å². The second-order valence-electron chi connectivity index (χ2n) is 3.03. The molecule has 2 atom stereocenters. The Kier molecular flexibility index (Phi) is 3.99. The summed E-state index contributed by atoms with van der Waals surface area (Å²) in [6.45, 7) is 2.66. The number of carboxylic acids is 1. The molecule has 0 aromatic heterocycles. The third-order valence-electron chi connectivity index (χ3n) is 2.13. The summed E-state index contributed by atoms with van der Waals surface area (Å²) in [5, 5.41) is 18.0. The minimum absolute atomic E-state index is 0. The molecule has 1 rings (SSSR count). The number of rotatable bonds is 3. The first-order valence-electron chi connectivity index (χ1n) is 3.84. The van der Waals surface area contributed by atoms with E-state index < -0.39 is 12.2 Å². The van der Waals surface area contributed by atoms with Crippen LogP contribution in [0.25, 0.3) is 0 Å². The van der Waals surface area contributed by atoms with Gasteiger partial charge in [0.15, 0.2) is 19.1 Å². The number of hydrogen-bond donors (Lipinski definition) is 2. The summed E-state index contributed by atoms with van der Waals surface area (Å²) < 4.78 is 0.0509. The number of aliphatic imine (C=N–C) groups is 1. The minimum atomic E-state index is -0.913. The predicted molar refractivity (Wildman–Crippen MR) is 44.6 cm³/mol. The SMILES string of the molecule is CC(O)[N+]1(CC(=O)O)C=NCC1.[OH-]. The summed E-state index contributed by atoms with van der Waals surface area (Å²) in [6.07, 6.45) is 0.825. The normalized spacial score (nSPS) is 28.2. The van der Waals surface area contributed by atoms with Gasteiger partial charge in [-0.05, 0) is 0 Å². The van der Waals surface area contributed by atoms with Crippen molar-refractivity contribution in [3.05, 3.63) is 0 Å². The molecule has 0 bridgehead atoms. The summed E-state index contributed by atoms with van der Waals surface area (Å²) in [6, 6.07) is 0. The van der Waals surface area contributed by atoms with Crippen molar-refractivity contribution in [1.29, 1.82) is 0 Å². The Morgan fingerprint density at radius 1 is 1.77 bits per heavy atom. The van der Waals surface area contributed by atoms with Crippen molar-refractivity contribution in [2.24, 2.45) is 4.99 Å². The van der Waals surface area contributed by atoms with E-state index in [0.717, 1.165) is 0 Å². The summed E-state index contributed by atoms with van der Waals surface area (Å²) in [5.41, 5.74) is 0. The van der Waals surface area contributed by atoms with Crippen LogP contribution in [0.15, 0.2) is 4.99 Å². The number of quaternary nitrogens is 1. The van der Waals surface area contributed by atoms with Gasteiger partial charge >= 0.3 is 5.97 Å². The van der Waals surface area contributed by atoms with Crippen LogP contribution in [0.5, 0.6) is 0 Å². The summed E-state index contributed by atoms with van der Waals surface area (Å²) in [7, 11) is 0. The van der Waals surface area contributed by atoms with E-state index >= 15 is 0 Å². The van der Waals surface area contributed by atoms with Gasteiger partial charge in [0.05, 0.1) is 6.54 Å². The van der Waals surface area contributed by atoms with E-state index in [9.17, 15) is 9.90 Å². The number of aliphatic hydroxyl groups excluding tert-OH is 1. The van der Waals surface area contributed by atoms with Gasteiger partial charge in [0.1, 0.15) is 6.54 Å². The molecule has 0 saturated heterocycles. The topological polar surface area (TPSA) is 99.9 Å². The van der Waals surface area contributed by atoms with Crippen LogP contribution in [0.4, 0.5) is 0 Å². The van der Waals surface area contributed by atoms with Crippen LogP contribution in [-0.2, 0) is 4.79 Å². The summed E-state index contributed by atoms with van der Waals surface area (Å²) in [5.74, 6) is -0.913. The Bertz CT molecular complexity index is 217. The van der Waals surface area contributed by atoms with Crippen LogP contribution in [0, 0.1) is 0 Å². The van der Waals surface area contributed by atoms with Gasteiger partial charge < -0.3 is 15.7 Å². The lowest BCUT2D eigenvalue weighted by Gasteiger charge is -2.30. The molecule has 2 unspecified atom stereocenters. The first kappa shape index (κ1) is 12.0. The zero-order valence-electron chi connectivity index (χ0n) is 7.42. The van der Waals surface area contributed by atoms with E-state index in [1.54, 1.807) is 6.92 Å². The minimum Gasteiger partial charge on any atom is -0.870 e. The molecule has 0 aliphatic carbocycles. The smallest absolute Gasteiger partial charge is 0.359 e. The number of hydrogen-bond acceptors (Lipinski definition) is 4. The summed E-state index contributed by atoms with van der Waals surface area (Å²) in [4.78, 5) is 14.4. The maximum absolute atomic E-state index is 10.5. The maximum Gasteiger partial charge on any atom is 0.359 e. The van der Waals surface area contributed by atoms with E-state index in [2.05, 4.69) is 4.99 Å². The van der Waals surface area contributed by atoms with Gasteiger partial charge in [0.2, 0.25) is 0 Å². The third kappa shape index (κ3) is 2.48. The van der Waals surface area contributed by atoms with Crippen LogP contribution in [-0.4, -0.2) is 58.3 Å². The van der Waals surface area contributed by atoms with E-state index in [-0.39, 0.29) is 16.5 Å². The summed E-state index contributed by atoms with van der Waals surface area (Å²) >= 11 is 0. The zero-order chi connectivity index (χ0) is 9.19. The standard InChI is InChI=1S/C7H12N2O3.H2O/c1-6(10)9(4-7(11)12)3-2-8-5-9;/h5-6,10H,2-4H2,1H3;1H2. The van der Waals surface area contributed by atoms with E-state index in [4.69, 9.17) is 5.11 Å². The molecule has 13 heavy (non-hydrogen) atoms. The first-order chi connectivity index (χ1) is 5.57. The molecule has 0 saturated carbocycles. The fraction of sp³-hybridized carbons (Fsp3) is 0.714. The highest BCUT2D eigenvalue weighted by Gasteiger charge is 2.36. The van der Waals surface area contributed by atoms with Gasteiger partial charge in [-0.25, -0.2) is 14.3 Å². The third-order valence-corrected chi connectivity index (χ3v) is 2.13. The Balaban J connectivity index is 0.00000144. The van der Waals surface area contributed by atoms with E-state index in [0.29, 0.717) is 13.1 Å². The van der Waals surface area contributed by atoms with Crippen molar-refractivity contribution in [2.75, 3.05) is 19.6 Å². The van der Waals surface area contributed by atoms with Gasteiger partial charge in [0, 0.05) is 6.92 Å². The lowest BCUT2D eigenvalue weighted by molar-refractivity contribution is -0.870. The number of aliphatic carboxylic acids is 1. The largest absolute Gasteiger partial charge is 0.870 e. The predicted octanol–water partition coefficient (Wildman–Crippen LogP) is -0.909. The molecule has 0 amide bonds. The van der Waals surface area contributed by atoms with E-state index in [1.165, 1.54) is 6.34 Å². The Hall–Kier alpha value is -0.980. The fourth-order valence-electron chi connectivity index (χ4n) is 1.31. The molecule has 1 heterocycles. The zero-order valence-corrected chi connectivity index (χ0v) is 7.42. The number of aliphatic hydroxyl groups is 1. The monoisotopic (exact) mass is 190 g/mol. The molecule has 0 aromatic rings. The molecule has 3 N–H and O–H groups in total. The molecular formula is C7H14N2O4. The molecule has 0 fully saturated rings. The molecule has 0 spiro atoms. The average Bonchev–Trinajstić information content (AvgIpc) is 2.35. The molecule has 76 valence electrons. The lowest BCUT2D eigenvalue weighted by atomic mass is 10.3. The molecule has 1 aliphatic heterocycles. The highest BCUT2D eigenvalue weighted by Crippen LogP contribution is 2.12. The lowest BCUT2D eigenvalue weighted by Crippen LogP contribution is -2.54. The number of carboxylic acid groups (broad SMARTS) is 1. The Labute approximate surface area is 76.0 Å². The van der Waals surface area contributed by atoms with Crippen molar-refractivity contribution >= 4 is 12.3 Å². The quantitative estimate of drug-likeness (QED) is 0.563. The number of nitrogens with zero attached hydrogens (tertiary/aromatic N) is 2. The molecule has 0 radical (unpaired) electrons. The van der Waals surface area contributed by atoms with Crippen molar-refractivity contribution in [1.82, 2.24) is 0 Å². The van der Waals surface area contributed by atoms with Gasteiger partial charge in [-0.2, -0.15) is 0 Å². The van der Waals surface area contributed by atoms with E-state index in [1.807, 2.05) is 0 Å². The molecule has 6 heteroatoms. The van der Waals surface area contributed by atoms with Crippen LogP contribution in [0.1, 0.15) is 6.92 Å². The van der Waals surface area contributed by atoms with Crippen molar-refractivity contribution in [3.63, 3.8) is 0 Å². The molecule has 6 nitrogen and oxygen atoms in total. The molecule has 1 aliphatic rings. The van der Waals surface area contributed by atoms with Crippen LogP contribution < -0.4 is 0 Å². The molecular weight excluding hydrogens is 176 g/mol. The Morgan fingerprint density at radius 3 is 2.69 bits per heavy atom. The van der Waals surface area contributed by atoms with Gasteiger partial charge in [0.25, 0.3) is 0 Å². The number of carbonyl (C=O) groups is 1. The van der Waals surface area contributed by atoms with Crippen molar-refractivity contribution in [2.45, 2.75) is 13.2 Å². The highest BCUT2D eigenvalue weighted by molar-refractivity contribution is 5.70. The first-order valence-corrected chi connectivity index (χ1v) is 3.84. The molecule has 0 aromatic carbocycles. The maximum atomic E-state index is 10.5. The van der Waals surface area contributed by atoms with Crippen molar-refractivity contribution in [3.8, 4) is 0 Å². The second kappa shape index (κ2) is 4.31. The van der Waals surface area contributed by atoms with Gasteiger partial charge in [-0.3, -0.25) is 0 Å². The second-order valence-corrected chi connectivity index (χ2v) is 3.03. The Morgan fingerprint density at radius 2 is 2.38 bits per heavy atom. The van der Waals surface area contributed by atoms with Crippen LogP contribution in [0.2, 0.25) is 0 Å². The fourth-order valence-corrected chi connectivity index (χ4v) is 1.31. The highest BCUT2D eigenvalue weighted by atomic mass is 16.4. The average molecular weight is 190 g/mol. The van der Waals surface area contributed by atoms with Crippen molar-refractivity contribution < 1.29 is 25.0 Å². The van der Waals surface area contributed by atoms with Crippen LogP contribution >= 0.6 is 0 Å². The van der Waals surface area contributed by atoms with Crippen LogP contribution in [0.3, 0.4) is 0 Å².